The van der Waals surface area contributed by atoms with Crippen LogP contribution in [0.5, 0.6) is 0 Å². The van der Waals surface area contributed by atoms with Gasteiger partial charge in [-0.1, -0.05) is 78.2 Å². The average Bonchev–Trinajstić information content (AvgIpc) is 2.85. The van der Waals surface area contributed by atoms with Gasteiger partial charge in [-0.15, -0.1) is 0 Å². The van der Waals surface area contributed by atoms with Crippen molar-refractivity contribution in [2.45, 2.75) is 13.8 Å². The molecule has 0 aliphatic carbocycles. The largest absolute Gasteiger partial charge is 0.472 e. The second kappa shape index (κ2) is 10.4. The molecule has 3 heteroatoms. The third kappa shape index (κ3) is 5.62. The van der Waals surface area contributed by atoms with Crippen LogP contribution < -0.4 is 4.90 Å². The molecule has 0 radical (unpaired) electrons. The first-order valence-electron chi connectivity index (χ1n) is 11.1. The van der Waals surface area contributed by atoms with Gasteiger partial charge in [-0.3, -0.25) is 0 Å². The molecule has 0 heterocycles. The minimum atomic E-state index is -1.13. The highest BCUT2D eigenvalue weighted by Crippen LogP contribution is 2.36. The van der Waals surface area contributed by atoms with E-state index in [2.05, 4.69) is 103 Å². The zero-order valence-corrected chi connectivity index (χ0v) is 19.2. The number of carbonyl (C=O) groups is 1. The fourth-order valence-corrected chi connectivity index (χ4v) is 3.79. The van der Waals surface area contributed by atoms with Crippen molar-refractivity contribution in [3.05, 3.63) is 125 Å². The molecule has 0 atom stereocenters. The molecule has 3 nitrogen and oxygen atoms in total. The maximum absolute atomic E-state index is 10.6. The number of anilines is 3. The molecular formula is C31H25NO2. The van der Waals surface area contributed by atoms with E-state index in [-0.39, 0.29) is 0 Å². The minimum Gasteiger partial charge on any atom is -0.472 e. The van der Waals surface area contributed by atoms with Crippen molar-refractivity contribution in [3.8, 4) is 11.8 Å². The van der Waals surface area contributed by atoms with Crippen molar-refractivity contribution < 1.29 is 9.90 Å². The molecule has 0 aromatic heterocycles. The van der Waals surface area contributed by atoms with E-state index in [0.717, 1.165) is 28.2 Å². The van der Waals surface area contributed by atoms with Crippen LogP contribution in [0.25, 0.3) is 12.2 Å². The Hall–Kier alpha value is -4.55. The highest BCUT2D eigenvalue weighted by atomic mass is 16.4. The normalized spacial score (nSPS) is 10.5. The minimum absolute atomic E-state index is 0.677. The Kier molecular flexibility index (Phi) is 6.91. The third-order valence-electron chi connectivity index (χ3n) is 5.45. The lowest BCUT2D eigenvalue weighted by molar-refractivity contribution is -0.130. The summed E-state index contributed by atoms with van der Waals surface area (Å²) in [5.74, 6) is 3.62. The fraction of sp³-hybridized carbons (Fsp3) is 0.0645. The van der Waals surface area contributed by atoms with Crippen LogP contribution in [-0.2, 0) is 4.79 Å². The van der Waals surface area contributed by atoms with E-state index in [1.54, 1.807) is 0 Å². The van der Waals surface area contributed by atoms with E-state index in [1.165, 1.54) is 11.1 Å². The van der Waals surface area contributed by atoms with E-state index < -0.39 is 5.97 Å². The lowest BCUT2D eigenvalue weighted by atomic mass is 10.1. The van der Waals surface area contributed by atoms with Crippen molar-refractivity contribution in [1.29, 1.82) is 0 Å². The van der Waals surface area contributed by atoms with Gasteiger partial charge in [0.2, 0.25) is 0 Å². The zero-order chi connectivity index (χ0) is 23.9. The van der Waals surface area contributed by atoms with E-state index in [0.29, 0.717) is 5.56 Å². The van der Waals surface area contributed by atoms with Gasteiger partial charge in [0.1, 0.15) is 0 Å². The molecule has 0 spiro atoms. The number of nitrogens with zero attached hydrogens (tertiary/aromatic N) is 1. The standard InChI is InChI=1S/C31H25NO2/c1-23-8-20-30(24(2)22-23)32(28-6-4-3-5-7-28)29-18-15-27(16-19-29)14-11-25-9-12-26(13-10-25)17-21-31(33)34/h3-16,18-20,22H,1-2H3,(H,33,34). The summed E-state index contributed by atoms with van der Waals surface area (Å²) in [5, 5.41) is 8.66. The molecule has 0 aliphatic heterocycles. The second-order valence-electron chi connectivity index (χ2n) is 8.06. The van der Waals surface area contributed by atoms with Gasteiger partial charge in [0.15, 0.2) is 0 Å². The SMILES string of the molecule is Cc1ccc(N(c2ccccc2)c2ccc(C=Cc3ccc(C#CC(=O)O)cc3)cc2)c(C)c1. The predicted octanol–water partition coefficient (Wildman–Crippen LogP) is 7.38. The number of aryl methyl sites for hydroxylation is 2. The molecule has 0 unspecified atom stereocenters. The van der Waals surface area contributed by atoms with Gasteiger partial charge in [0.05, 0.1) is 0 Å². The molecule has 4 rings (SSSR count). The summed E-state index contributed by atoms with van der Waals surface area (Å²) in [6.45, 7) is 4.26. The number of rotatable bonds is 5. The maximum atomic E-state index is 10.6. The monoisotopic (exact) mass is 443 g/mol. The number of benzene rings is 4. The number of carboxylic acid groups (broad SMARTS) is 1. The van der Waals surface area contributed by atoms with Crippen LogP contribution in [-0.4, -0.2) is 11.1 Å². The third-order valence-corrected chi connectivity index (χ3v) is 5.45. The molecule has 0 saturated heterocycles. The van der Waals surface area contributed by atoms with Gasteiger partial charge in [-0.05, 0) is 73.0 Å². The van der Waals surface area contributed by atoms with Crippen LogP contribution in [0.15, 0.2) is 97.1 Å². The predicted molar refractivity (Wildman–Crippen MR) is 140 cm³/mol. The summed E-state index contributed by atoms with van der Waals surface area (Å²) >= 11 is 0. The van der Waals surface area contributed by atoms with Crippen LogP contribution >= 0.6 is 0 Å². The van der Waals surface area contributed by atoms with Gasteiger partial charge in [-0.2, -0.15) is 0 Å². The summed E-state index contributed by atoms with van der Waals surface area (Å²) < 4.78 is 0. The molecule has 4 aromatic carbocycles. The summed E-state index contributed by atoms with van der Waals surface area (Å²) in [4.78, 5) is 12.8. The zero-order valence-electron chi connectivity index (χ0n) is 19.2. The Labute approximate surface area is 200 Å². The van der Waals surface area contributed by atoms with E-state index in [9.17, 15) is 4.79 Å². The first-order chi connectivity index (χ1) is 16.5. The summed E-state index contributed by atoms with van der Waals surface area (Å²) in [6, 6.07) is 32.9. The molecule has 0 aliphatic rings. The first kappa shape index (κ1) is 22.6. The first-order valence-corrected chi connectivity index (χ1v) is 11.1. The molecule has 34 heavy (non-hydrogen) atoms. The van der Waals surface area contributed by atoms with Crippen molar-refractivity contribution in [2.75, 3.05) is 4.90 Å². The average molecular weight is 444 g/mol. The molecule has 166 valence electrons. The van der Waals surface area contributed by atoms with Gasteiger partial charge < -0.3 is 10.0 Å². The fourth-order valence-electron chi connectivity index (χ4n) is 3.79. The van der Waals surface area contributed by atoms with Crippen LogP contribution in [0, 0.1) is 25.7 Å². The van der Waals surface area contributed by atoms with Crippen LogP contribution in [0.2, 0.25) is 0 Å². The van der Waals surface area contributed by atoms with Crippen LogP contribution in [0.1, 0.15) is 27.8 Å². The summed E-state index contributed by atoms with van der Waals surface area (Å²) in [5.41, 5.74) is 8.63. The van der Waals surface area contributed by atoms with Gasteiger partial charge in [0, 0.05) is 28.5 Å². The highest BCUT2D eigenvalue weighted by Gasteiger charge is 2.14. The number of para-hydroxylation sites is 1. The summed E-state index contributed by atoms with van der Waals surface area (Å²) in [7, 11) is 0. The Balaban J connectivity index is 1.58. The topological polar surface area (TPSA) is 40.5 Å². The van der Waals surface area contributed by atoms with Gasteiger partial charge >= 0.3 is 5.97 Å². The van der Waals surface area contributed by atoms with E-state index >= 15 is 0 Å². The second-order valence-corrected chi connectivity index (χ2v) is 8.06. The molecule has 0 amide bonds. The quantitative estimate of drug-likeness (QED) is 0.258. The Morgan fingerprint density at radius 3 is 1.94 bits per heavy atom. The lowest BCUT2D eigenvalue weighted by Gasteiger charge is -2.27. The number of aliphatic carboxylic acids is 1. The number of hydrogen-bond donors (Lipinski definition) is 1. The van der Waals surface area contributed by atoms with Crippen LogP contribution in [0.3, 0.4) is 0 Å². The van der Waals surface area contributed by atoms with Crippen molar-refractivity contribution in [2.24, 2.45) is 0 Å². The van der Waals surface area contributed by atoms with Gasteiger partial charge in [0.25, 0.3) is 0 Å². The Morgan fingerprint density at radius 1 is 0.765 bits per heavy atom. The highest BCUT2D eigenvalue weighted by molar-refractivity contribution is 5.87. The van der Waals surface area contributed by atoms with Crippen molar-refractivity contribution >= 4 is 35.2 Å². The van der Waals surface area contributed by atoms with Crippen molar-refractivity contribution in [3.63, 3.8) is 0 Å². The number of carboxylic acids is 1. The maximum Gasteiger partial charge on any atom is 0.382 e. The van der Waals surface area contributed by atoms with E-state index in [4.69, 9.17) is 5.11 Å². The van der Waals surface area contributed by atoms with Crippen molar-refractivity contribution in [1.82, 2.24) is 0 Å². The molecule has 1 N–H and O–H groups in total. The van der Waals surface area contributed by atoms with E-state index in [1.807, 2.05) is 36.4 Å². The summed E-state index contributed by atoms with van der Waals surface area (Å²) in [6.07, 6.45) is 4.09. The molecule has 0 fully saturated rings. The smallest absolute Gasteiger partial charge is 0.382 e. The van der Waals surface area contributed by atoms with Crippen LogP contribution in [0.4, 0.5) is 17.1 Å². The molecule has 0 bridgehead atoms. The van der Waals surface area contributed by atoms with Gasteiger partial charge in [-0.25, -0.2) is 4.79 Å². The molecule has 4 aromatic rings. The Bertz CT molecular complexity index is 1370. The Morgan fingerprint density at radius 2 is 1.35 bits per heavy atom. The lowest BCUT2D eigenvalue weighted by Crippen LogP contribution is -2.11. The number of hydrogen-bond acceptors (Lipinski definition) is 2. The molecule has 0 saturated carbocycles. The molecular weight excluding hydrogens is 418 g/mol.